The number of ether oxygens (including phenoxy) is 1. The Morgan fingerprint density at radius 2 is 1.85 bits per heavy atom. The van der Waals surface area contributed by atoms with E-state index in [2.05, 4.69) is 0 Å². The number of nitrogens with zero attached hydrogens (tertiary/aromatic N) is 1. The van der Waals surface area contributed by atoms with Gasteiger partial charge in [0.2, 0.25) is 10.0 Å². The van der Waals surface area contributed by atoms with Crippen molar-refractivity contribution in [2.45, 2.75) is 14.7 Å². The number of benzene rings is 2. The van der Waals surface area contributed by atoms with Gasteiger partial charge in [-0.3, -0.25) is 0 Å². The lowest BCUT2D eigenvalue weighted by Gasteiger charge is -2.16. The maximum absolute atomic E-state index is 12.7. The molecular weight excluding hydrogens is 374 g/mol. The minimum atomic E-state index is -3.72. The number of carboxylic acid groups (broad SMARTS) is 1. The molecule has 0 spiro atoms. The van der Waals surface area contributed by atoms with Crippen molar-refractivity contribution < 1.29 is 23.1 Å². The summed E-state index contributed by atoms with van der Waals surface area (Å²) >= 11 is 1.27. The van der Waals surface area contributed by atoms with Gasteiger partial charge < -0.3 is 9.84 Å². The molecule has 0 saturated heterocycles. The van der Waals surface area contributed by atoms with Gasteiger partial charge in [-0.05, 0) is 35.9 Å². The molecule has 26 heavy (non-hydrogen) atoms. The van der Waals surface area contributed by atoms with E-state index in [4.69, 9.17) is 9.84 Å². The summed E-state index contributed by atoms with van der Waals surface area (Å²) in [5, 5.41) is 8.77. The fourth-order valence-electron chi connectivity index (χ4n) is 2.10. The van der Waals surface area contributed by atoms with Gasteiger partial charge in [-0.2, -0.15) is 0 Å². The smallest absolute Gasteiger partial charge is 0.328 e. The van der Waals surface area contributed by atoms with Crippen molar-refractivity contribution in [1.82, 2.24) is 4.31 Å². The molecule has 0 amide bonds. The number of methoxy groups -OCH3 is 1. The molecule has 0 heterocycles. The quantitative estimate of drug-likeness (QED) is 0.728. The Hall–Kier alpha value is -2.29. The molecule has 0 aliphatic rings. The maximum atomic E-state index is 12.7. The van der Waals surface area contributed by atoms with Crippen molar-refractivity contribution in [3.05, 3.63) is 54.1 Å². The first-order chi connectivity index (χ1) is 12.3. The van der Waals surface area contributed by atoms with Crippen molar-refractivity contribution in [2.24, 2.45) is 0 Å². The first kappa shape index (κ1) is 20.0. The minimum Gasteiger partial charge on any atom is -0.496 e. The molecule has 0 saturated carbocycles. The molecule has 0 fully saturated rings. The Labute approximate surface area is 157 Å². The monoisotopic (exact) mass is 393 g/mol. The molecule has 1 N–H and O–H groups in total. The normalized spacial score (nSPS) is 11.8. The molecule has 0 unspecified atom stereocenters. The van der Waals surface area contributed by atoms with Crippen molar-refractivity contribution >= 4 is 33.8 Å². The summed E-state index contributed by atoms with van der Waals surface area (Å²) in [6.45, 7) is 0. The third-order valence-electron chi connectivity index (χ3n) is 3.43. The Kier molecular flexibility index (Phi) is 6.47. The summed E-state index contributed by atoms with van der Waals surface area (Å²) in [7, 11) is 0.736. The number of carboxylic acids is 1. The molecule has 2 aromatic rings. The van der Waals surface area contributed by atoms with E-state index in [-0.39, 0.29) is 4.90 Å². The fraction of sp³-hybridized carbons (Fsp3) is 0.167. The molecule has 138 valence electrons. The maximum Gasteiger partial charge on any atom is 0.328 e. The third kappa shape index (κ3) is 4.66. The van der Waals surface area contributed by atoms with E-state index in [0.717, 1.165) is 15.3 Å². The number of hydrogen-bond donors (Lipinski definition) is 1. The predicted octanol–water partition coefficient (Wildman–Crippen LogP) is 3.19. The van der Waals surface area contributed by atoms with E-state index in [9.17, 15) is 13.2 Å². The van der Waals surface area contributed by atoms with Crippen LogP contribution in [0, 0.1) is 0 Å². The van der Waals surface area contributed by atoms with Crippen LogP contribution in [0.4, 0.5) is 0 Å². The molecule has 8 heteroatoms. The molecule has 0 aliphatic heterocycles. The molecule has 0 aromatic heterocycles. The van der Waals surface area contributed by atoms with E-state index in [1.54, 1.807) is 25.3 Å². The lowest BCUT2D eigenvalue weighted by Crippen LogP contribution is -2.22. The summed E-state index contributed by atoms with van der Waals surface area (Å²) in [5.74, 6) is -0.463. The Bertz CT molecular complexity index is 936. The van der Waals surface area contributed by atoms with Gasteiger partial charge in [0.1, 0.15) is 5.75 Å². The van der Waals surface area contributed by atoms with Crippen LogP contribution in [0.25, 0.3) is 6.08 Å². The largest absolute Gasteiger partial charge is 0.496 e. The van der Waals surface area contributed by atoms with Crippen LogP contribution in [0.3, 0.4) is 0 Å². The SMILES string of the molecule is COc1ccccc1Sc1ccc(/C=C/C(=O)O)cc1S(=O)(=O)N(C)C. The van der Waals surface area contributed by atoms with Crippen LogP contribution < -0.4 is 4.74 Å². The van der Waals surface area contributed by atoms with Crippen molar-refractivity contribution in [3.8, 4) is 5.75 Å². The van der Waals surface area contributed by atoms with Gasteiger partial charge in [-0.25, -0.2) is 17.5 Å². The van der Waals surface area contributed by atoms with E-state index < -0.39 is 16.0 Å². The van der Waals surface area contributed by atoms with Crippen molar-refractivity contribution in [1.29, 1.82) is 0 Å². The van der Waals surface area contributed by atoms with Gasteiger partial charge in [-0.15, -0.1) is 0 Å². The molecule has 2 rings (SSSR count). The topological polar surface area (TPSA) is 83.9 Å². The van der Waals surface area contributed by atoms with Crippen LogP contribution in [-0.4, -0.2) is 45.0 Å². The van der Waals surface area contributed by atoms with Crippen LogP contribution in [0.2, 0.25) is 0 Å². The van der Waals surface area contributed by atoms with Gasteiger partial charge in [0.25, 0.3) is 0 Å². The number of carbonyl (C=O) groups is 1. The van der Waals surface area contributed by atoms with Gasteiger partial charge in [0.15, 0.2) is 0 Å². The number of rotatable bonds is 7. The summed E-state index contributed by atoms with van der Waals surface area (Å²) < 4.78 is 31.9. The molecule has 0 radical (unpaired) electrons. The number of hydrogen-bond acceptors (Lipinski definition) is 5. The second kappa shape index (κ2) is 8.39. The van der Waals surface area contributed by atoms with Gasteiger partial charge >= 0.3 is 5.97 Å². The highest BCUT2D eigenvalue weighted by Gasteiger charge is 2.22. The molecule has 2 aromatic carbocycles. The van der Waals surface area contributed by atoms with Crippen LogP contribution in [-0.2, 0) is 14.8 Å². The lowest BCUT2D eigenvalue weighted by atomic mass is 10.2. The van der Waals surface area contributed by atoms with E-state index >= 15 is 0 Å². The predicted molar refractivity (Wildman–Crippen MR) is 101 cm³/mol. The summed E-state index contributed by atoms with van der Waals surface area (Å²) in [6.07, 6.45) is 2.32. The highest BCUT2D eigenvalue weighted by atomic mass is 32.2. The molecule has 0 atom stereocenters. The zero-order valence-corrected chi connectivity index (χ0v) is 16.2. The molecule has 6 nitrogen and oxygen atoms in total. The molecular formula is C18H19NO5S2. The summed E-state index contributed by atoms with van der Waals surface area (Å²) in [6, 6.07) is 12.1. The van der Waals surface area contributed by atoms with Gasteiger partial charge in [0.05, 0.1) is 16.9 Å². The first-order valence-corrected chi connectivity index (χ1v) is 9.80. The fourth-order valence-corrected chi connectivity index (χ4v) is 4.47. The second-order valence-corrected chi connectivity index (χ2v) is 8.62. The average Bonchev–Trinajstić information content (AvgIpc) is 2.61. The van der Waals surface area contributed by atoms with Crippen molar-refractivity contribution in [2.75, 3.05) is 21.2 Å². The Morgan fingerprint density at radius 1 is 1.15 bits per heavy atom. The van der Waals surface area contributed by atoms with Crippen LogP contribution >= 0.6 is 11.8 Å². The summed E-state index contributed by atoms with van der Waals surface area (Å²) in [4.78, 5) is 12.1. The van der Waals surface area contributed by atoms with Crippen molar-refractivity contribution in [3.63, 3.8) is 0 Å². The average molecular weight is 393 g/mol. The number of para-hydroxylation sites is 1. The molecule has 0 bridgehead atoms. The van der Waals surface area contributed by atoms with E-state index in [1.807, 2.05) is 18.2 Å². The second-order valence-electron chi connectivity index (χ2n) is 5.42. The standard InChI is InChI=1S/C18H19NO5S2/c1-19(2)26(22,23)17-12-13(9-11-18(20)21)8-10-16(17)25-15-7-5-4-6-14(15)24-3/h4-12H,1-3H3,(H,20,21)/b11-9+. The van der Waals surface area contributed by atoms with E-state index in [1.165, 1.54) is 38.0 Å². The van der Waals surface area contributed by atoms with E-state index in [0.29, 0.717) is 16.2 Å². The lowest BCUT2D eigenvalue weighted by molar-refractivity contribution is -0.131. The Balaban J connectivity index is 2.56. The third-order valence-corrected chi connectivity index (χ3v) is 6.55. The highest BCUT2D eigenvalue weighted by molar-refractivity contribution is 8.00. The zero-order chi connectivity index (χ0) is 19.3. The number of aliphatic carboxylic acids is 1. The van der Waals surface area contributed by atoms with Crippen LogP contribution in [0.15, 0.2) is 63.2 Å². The molecule has 0 aliphatic carbocycles. The van der Waals surface area contributed by atoms with Gasteiger partial charge in [-0.1, -0.05) is 30.0 Å². The number of sulfonamides is 1. The minimum absolute atomic E-state index is 0.103. The first-order valence-electron chi connectivity index (χ1n) is 7.54. The van der Waals surface area contributed by atoms with Crippen LogP contribution in [0.1, 0.15) is 5.56 Å². The zero-order valence-electron chi connectivity index (χ0n) is 14.5. The summed E-state index contributed by atoms with van der Waals surface area (Å²) in [5.41, 5.74) is 0.484. The van der Waals surface area contributed by atoms with Crippen LogP contribution in [0.5, 0.6) is 5.75 Å². The Morgan fingerprint density at radius 3 is 2.46 bits per heavy atom. The van der Waals surface area contributed by atoms with Gasteiger partial charge in [0, 0.05) is 25.1 Å². The highest BCUT2D eigenvalue weighted by Crippen LogP contribution is 2.38.